The van der Waals surface area contributed by atoms with E-state index >= 15 is 0 Å². The Labute approximate surface area is 146 Å². The Morgan fingerprint density at radius 3 is 2.42 bits per heavy atom. The standard InChI is InChI=1S/C14H11ClN2O5S2/c1-17(24(20,21)10-6-7-16-23-10)14-12(19)11(18)13(22-14)8-2-4-9(15)5-3-8/h2-7,18-19H,1H3. The van der Waals surface area contributed by atoms with Crippen LogP contribution in [0, 0.1) is 0 Å². The van der Waals surface area contributed by atoms with Gasteiger partial charge in [0.2, 0.25) is 11.5 Å². The molecule has 0 aliphatic heterocycles. The summed E-state index contributed by atoms with van der Waals surface area (Å²) in [6.07, 6.45) is 1.35. The number of furan rings is 1. The minimum Gasteiger partial charge on any atom is -0.502 e. The lowest BCUT2D eigenvalue weighted by Gasteiger charge is -2.14. The Kier molecular flexibility index (Phi) is 4.16. The summed E-state index contributed by atoms with van der Waals surface area (Å²) in [6.45, 7) is 0. The Bertz CT molecular complexity index is 966. The highest BCUT2D eigenvalue weighted by atomic mass is 35.5. The molecule has 0 aliphatic rings. The zero-order valence-corrected chi connectivity index (χ0v) is 14.6. The van der Waals surface area contributed by atoms with Crippen LogP contribution in [0.2, 0.25) is 5.02 Å². The highest BCUT2D eigenvalue weighted by Gasteiger charge is 2.31. The number of benzene rings is 1. The summed E-state index contributed by atoms with van der Waals surface area (Å²) >= 11 is 6.60. The molecule has 0 amide bonds. The van der Waals surface area contributed by atoms with Gasteiger partial charge < -0.3 is 14.6 Å². The highest BCUT2D eigenvalue weighted by Crippen LogP contribution is 2.47. The first-order valence-corrected chi connectivity index (χ1v) is 9.11. The molecule has 0 saturated carbocycles. The fourth-order valence-electron chi connectivity index (χ4n) is 1.99. The fraction of sp³-hybridized carbons (Fsp3) is 0.0714. The van der Waals surface area contributed by atoms with E-state index in [1.807, 2.05) is 0 Å². The zero-order valence-electron chi connectivity index (χ0n) is 12.2. The van der Waals surface area contributed by atoms with Crippen molar-refractivity contribution in [1.82, 2.24) is 4.37 Å². The van der Waals surface area contributed by atoms with E-state index in [4.69, 9.17) is 16.0 Å². The molecule has 0 spiro atoms. The first kappa shape index (κ1) is 16.6. The number of hydrogen-bond donors (Lipinski definition) is 2. The second-order valence-corrected chi connectivity index (χ2v) is 8.21. The molecule has 0 unspecified atom stereocenters. The van der Waals surface area contributed by atoms with Crippen molar-refractivity contribution in [2.45, 2.75) is 4.21 Å². The number of nitrogens with zero attached hydrogens (tertiary/aromatic N) is 2. The Morgan fingerprint density at radius 1 is 1.17 bits per heavy atom. The maximum absolute atomic E-state index is 12.5. The van der Waals surface area contributed by atoms with Gasteiger partial charge in [-0.25, -0.2) is 12.7 Å². The van der Waals surface area contributed by atoms with Gasteiger partial charge in [0.15, 0.2) is 9.97 Å². The van der Waals surface area contributed by atoms with E-state index in [9.17, 15) is 18.6 Å². The minimum atomic E-state index is -3.96. The predicted octanol–water partition coefficient (Wildman–Crippen LogP) is 3.29. The van der Waals surface area contributed by atoms with Crippen LogP contribution in [0.25, 0.3) is 11.3 Å². The van der Waals surface area contributed by atoms with E-state index < -0.39 is 27.4 Å². The number of rotatable bonds is 4. The van der Waals surface area contributed by atoms with Crippen molar-refractivity contribution in [3.63, 3.8) is 0 Å². The molecule has 7 nitrogen and oxygen atoms in total. The van der Waals surface area contributed by atoms with Gasteiger partial charge in [0.25, 0.3) is 15.9 Å². The summed E-state index contributed by atoms with van der Waals surface area (Å²) in [4.78, 5) is 0. The number of sulfonamides is 1. The molecule has 0 bridgehead atoms. The van der Waals surface area contributed by atoms with Crippen molar-refractivity contribution in [1.29, 1.82) is 0 Å². The molecule has 0 fully saturated rings. The van der Waals surface area contributed by atoms with Crippen LogP contribution in [0.5, 0.6) is 11.5 Å². The van der Waals surface area contributed by atoms with Crippen LogP contribution in [0.1, 0.15) is 0 Å². The second-order valence-electron chi connectivity index (χ2n) is 4.74. The molecule has 0 atom stereocenters. The number of aromatic nitrogens is 1. The van der Waals surface area contributed by atoms with Gasteiger partial charge >= 0.3 is 0 Å². The number of halogens is 1. The van der Waals surface area contributed by atoms with E-state index in [1.165, 1.54) is 19.3 Å². The molecule has 3 aromatic rings. The molecular weight excluding hydrogens is 376 g/mol. The monoisotopic (exact) mass is 386 g/mol. The van der Waals surface area contributed by atoms with Gasteiger partial charge in [0.1, 0.15) is 0 Å². The molecule has 126 valence electrons. The van der Waals surface area contributed by atoms with Gasteiger partial charge in [-0.05, 0) is 41.9 Å². The van der Waals surface area contributed by atoms with Crippen molar-refractivity contribution >= 4 is 39.0 Å². The van der Waals surface area contributed by atoms with Gasteiger partial charge in [-0.3, -0.25) is 0 Å². The van der Waals surface area contributed by atoms with Crippen molar-refractivity contribution in [2.75, 3.05) is 11.4 Å². The molecule has 24 heavy (non-hydrogen) atoms. The average Bonchev–Trinajstić information content (AvgIpc) is 3.19. The zero-order chi connectivity index (χ0) is 17.5. The van der Waals surface area contributed by atoms with Gasteiger partial charge in [0, 0.05) is 23.8 Å². The smallest absolute Gasteiger partial charge is 0.277 e. The van der Waals surface area contributed by atoms with Crippen LogP contribution in [0.3, 0.4) is 0 Å². The van der Waals surface area contributed by atoms with Crippen molar-refractivity contribution in [3.05, 3.63) is 41.6 Å². The Hall–Kier alpha value is -2.23. The maximum Gasteiger partial charge on any atom is 0.277 e. The lowest BCUT2D eigenvalue weighted by molar-refractivity contribution is 0.409. The molecular formula is C14H11ClN2O5S2. The molecule has 2 aromatic heterocycles. The van der Waals surface area contributed by atoms with Crippen molar-refractivity contribution in [2.24, 2.45) is 0 Å². The third-order valence-electron chi connectivity index (χ3n) is 3.26. The second kappa shape index (κ2) is 6.00. The van der Waals surface area contributed by atoms with E-state index in [2.05, 4.69) is 4.37 Å². The molecule has 2 heterocycles. The summed E-state index contributed by atoms with van der Waals surface area (Å²) in [6, 6.07) is 7.63. The predicted molar refractivity (Wildman–Crippen MR) is 90.2 cm³/mol. The summed E-state index contributed by atoms with van der Waals surface area (Å²) < 4.78 is 34.8. The van der Waals surface area contributed by atoms with Crippen LogP contribution in [-0.4, -0.2) is 30.1 Å². The lowest BCUT2D eigenvalue weighted by atomic mass is 10.1. The SMILES string of the molecule is CN(c1oc(-c2ccc(Cl)cc2)c(O)c1O)S(=O)(=O)c1ccns1. The largest absolute Gasteiger partial charge is 0.502 e. The quantitative estimate of drug-likeness (QED) is 0.713. The maximum atomic E-state index is 12.5. The fourth-order valence-corrected chi connectivity index (χ4v) is 4.15. The number of anilines is 1. The molecule has 3 rings (SSSR count). The van der Waals surface area contributed by atoms with E-state index in [-0.39, 0.29) is 9.97 Å². The molecule has 2 N–H and O–H groups in total. The molecule has 0 saturated heterocycles. The Morgan fingerprint density at radius 2 is 1.83 bits per heavy atom. The van der Waals surface area contributed by atoms with E-state index in [1.54, 1.807) is 24.3 Å². The van der Waals surface area contributed by atoms with Crippen molar-refractivity contribution < 1.29 is 23.0 Å². The molecule has 1 aromatic carbocycles. The third-order valence-corrected chi connectivity index (χ3v) is 6.44. The summed E-state index contributed by atoms with van der Waals surface area (Å²) in [7, 11) is -2.75. The van der Waals surface area contributed by atoms with Crippen molar-refractivity contribution in [3.8, 4) is 22.8 Å². The minimum absolute atomic E-state index is 0.0201. The van der Waals surface area contributed by atoms with E-state index in [0.717, 1.165) is 15.8 Å². The topological polar surface area (TPSA) is 104 Å². The summed E-state index contributed by atoms with van der Waals surface area (Å²) in [5.41, 5.74) is 0.432. The lowest BCUT2D eigenvalue weighted by Crippen LogP contribution is -2.25. The van der Waals surface area contributed by atoms with Crippen LogP contribution in [0.15, 0.2) is 45.2 Å². The first-order valence-electron chi connectivity index (χ1n) is 6.52. The summed E-state index contributed by atoms with van der Waals surface area (Å²) in [5, 5.41) is 20.6. The van der Waals surface area contributed by atoms with Gasteiger partial charge in [-0.1, -0.05) is 11.6 Å². The first-order chi connectivity index (χ1) is 11.3. The van der Waals surface area contributed by atoms with Gasteiger partial charge in [0.05, 0.1) is 0 Å². The van der Waals surface area contributed by atoms with Crippen LogP contribution < -0.4 is 4.31 Å². The third kappa shape index (κ3) is 2.70. The van der Waals surface area contributed by atoms with E-state index in [0.29, 0.717) is 10.6 Å². The van der Waals surface area contributed by atoms with Crippen LogP contribution in [-0.2, 0) is 10.0 Å². The summed E-state index contributed by atoms with van der Waals surface area (Å²) in [5.74, 6) is -1.69. The number of aromatic hydroxyl groups is 2. The van der Waals surface area contributed by atoms with Gasteiger partial charge in [-0.2, -0.15) is 4.37 Å². The molecule has 10 heteroatoms. The van der Waals surface area contributed by atoms with Crippen LogP contribution in [0.4, 0.5) is 5.88 Å². The molecule has 0 aliphatic carbocycles. The highest BCUT2D eigenvalue weighted by molar-refractivity contribution is 7.94. The van der Waals surface area contributed by atoms with Gasteiger partial charge in [-0.15, -0.1) is 0 Å². The molecule has 0 radical (unpaired) electrons. The normalized spacial score (nSPS) is 11.6. The average molecular weight is 387 g/mol. The Balaban J connectivity index is 2.07. The van der Waals surface area contributed by atoms with Crippen LogP contribution >= 0.6 is 23.1 Å². The number of hydrogen-bond acceptors (Lipinski definition) is 7.